The Morgan fingerprint density at radius 1 is 1.38 bits per heavy atom. The zero-order valence-corrected chi connectivity index (χ0v) is 14.3. The van der Waals surface area contributed by atoms with Crippen LogP contribution in [0.4, 0.5) is 0 Å². The van der Waals surface area contributed by atoms with Crippen molar-refractivity contribution >= 4 is 17.7 Å². The van der Waals surface area contributed by atoms with Gasteiger partial charge in [-0.25, -0.2) is 4.79 Å². The normalized spacial score (nSPS) is 16.0. The van der Waals surface area contributed by atoms with Crippen LogP contribution in [0.2, 0.25) is 0 Å². The number of hydrogen-bond acceptors (Lipinski definition) is 5. The Morgan fingerprint density at radius 2 is 2.00 bits per heavy atom. The number of nitriles is 1. The van der Waals surface area contributed by atoms with E-state index in [4.69, 9.17) is 4.74 Å². The maximum absolute atomic E-state index is 12.1. The second-order valence-electron chi connectivity index (χ2n) is 6.39. The molecule has 0 saturated heterocycles. The molecule has 1 amide bonds. The summed E-state index contributed by atoms with van der Waals surface area (Å²) in [5.41, 5.74) is 0.782. The first kappa shape index (κ1) is 17.7. The fourth-order valence-electron chi connectivity index (χ4n) is 2.89. The number of H-pyrrole nitrogens is 1. The van der Waals surface area contributed by atoms with E-state index in [1.807, 2.05) is 0 Å². The van der Waals surface area contributed by atoms with Gasteiger partial charge in [-0.15, -0.1) is 0 Å². The van der Waals surface area contributed by atoms with Crippen molar-refractivity contribution in [2.45, 2.75) is 46.1 Å². The summed E-state index contributed by atoms with van der Waals surface area (Å²) in [6.07, 6.45) is 1.80. The average Bonchev–Trinajstić information content (AvgIpc) is 3.31. The lowest BCUT2D eigenvalue weighted by Crippen LogP contribution is -2.48. The average molecular weight is 331 g/mol. The van der Waals surface area contributed by atoms with Crippen LogP contribution in [0.5, 0.6) is 0 Å². The molecule has 0 radical (unpaired) electrons. The molecule has 2 rings (SSSR count). The number of aromatic nitrogens is 1. The molecule has 7 nitrogen and oxygen atoms in total. The second-order valence-corrected chi connectivity index (χ2v) is 6.39. The van der Waals surface area contributed by atoms with E-state index in [0.717, 1.165) is 12.8 Å². The van der Waals surface area contributed by atoms with Crippen molar-refractivity contribution in [3.05, 3.63) is 22.5 Å². The van der Waals surface area contributed by atoms with Crippen molar-refractivity contribution in [3.8, 4) is 6.07 Å². The molecule has 1 aromatic rings. The lowest BCUT2D eigenvalue weighted by atomic mass is 9.98. The van der Waals surface area contributed by atoms with E-state index in [0.29, 0.717) is 16.8 Å². The van der Waals surface area contributed by atoms with Gasteiger partial charge in [0.15, 0.2) is 12.4 Å². The lowest BCUT2D eigenvalue weighted by molar-refractivity contribution is -0.125. The number of esters is 1. The molecule has 0 aromatic carbocycles. The molecule has 1 saturated carbocycles. The van der Waals surface area contributed by atoms with Gasteiger partial charge in [-0.1, -0.05) is 0 Å². The van der Waals surface area contributed by atoms with Gasteiger partial charge >= 0.3 is 5.97 Å². The largest absolute Gasteiger partial charge is 0.451 e. The third kappa shape index (κ3) is 3.48. The summed E-state index contributed by atoms with van der Waals surface area (Å²) >= 11 is 0. The molecule has 128 valence electrons. The summed E-state index contributed by atoms with van der Waals surface area (Å²) in [6.45, 7) is 5.96. The number of rotatable bonds is 6. The minimum Gasteiger partial charge on any atom is -0.451 e. The zero-order chi connectivity index (χ0) is 18.1. The maximum atomic E-state index is 12.1. The number of hydrogen-bond donors (Lipinski definition) is 2. The van der Waals surface area contributed by atoms with Gasteiger partial charge in [-0.3, -0.25) is 9.59 Å². The molecule has 24 heavy (non-hydrogen) atoms. The van der Waals surface area contributed by atoms with E-state index < -0.39 is 24.0 Å². The highest BCUT2D eigenvalue weighted by Gasteiger charge is 2.43. The van der Waals surface area contributed by atoms with Crippen molar-refractivity contribution in [1.82, 2.24) is 10.3 Å². The second kappa shape index (κ2) is 6.48. The topological polar surface area (TPSA) is 112 Å². The van der Waals surface area contributed by atoms with Crippen LogP contribution in [0.3, 0.4) is 0 Å². The number of carbonyl (C=O) groups excluding carboxylic acids is 3. The van der Waals surface area contributed by atoms with Crippen LogP contribution >= 0.6 is 0 Å². The lowest BCUT2D eigenvalue weighted by Gasteiger charge is -2.22. The Labute approximate surface area is 140 Å². The standard InChI is InChI=1S/C17H21N3O4/c1-9-14(11(3)21)10(2)19-15(9)16(23)24-7-13(22)20-17(4,8-18)12-5-6-12/h12,19H,5-7H2,1-4H3,(H,20,22)/t17-/m0/s1. The number of aryl methyl sites for hydroxylation is 1. The first-order valence-electron chi connectivity index (χ1n) is 7.79. The molecule has 7 heteroatoms. The Balaban J connectivity index is 1.99. The molecule has 0 aliphatic heterocycles. The smallest absolute Gasteiger partial charge is 0.355 e. The highest BCUT2D eigenvalue weighted by molar-refractivity contribution is 6.01. The van der Waals surface area contributed by atoms with Crippen LogP contribution < -0.4 is 5.32 Å². The molecule has 2 N–H and O–H groups in total. The molecule has 1 atom stereocenters. The summed E-state index contributed by atoms with van der Waals surface area (Å²) in [5, 5.41) is 11.8. The monoisotopic (exact) mass is 331 g/mol. The third-order valence-corrected chi connectivity index (χ3v) is 4.35. The minimum atomic E-state index is -0.926. The van der Waals surface area contributed by atoms with Gasteiger partial charge in [0.25, 0.3) is 5.91 Å². The van der Waals surface area contributed by atoms with Crippen molar-refractivity contribution in [2.24, 2.45) is 5.92 Å². The summed E-state index contributed by atoms with van der Waals surface area (Å²) in [7, 11) is 0. The van der Waals surface area contributed by atoms with Crippen molar-refractivity contribution < 1.29 is 19.1 Å². The van der Waals surface area contributed by atoms with Crippen LogP contribution in [0.25, 0.3) is 0 Å². The van der Waals surface area contributed by atoms with Crippen molar-refractivity contribution in [2.75, 3.05) is 6.61 Å². The number of carbonyl (C=O) groups is 3. The molecule has 0 bridgehead atoms. The Morgan fingerprint density at radius 3 is 2.46 bits per heavy atom. The Kier molecular flexibility index (Phi) is 4.78. The molecule has 0 spiro atoms. The summed E-state index contributed by atoms with van der Waals surface area (Å²) in [6, 6.07) is 2.11. The van der Waals surface area contributed by atoms with Crippen LogP contribution in [0, 0.1) is 31.1 Å². The molecule has 1 heterocycles. The highest BCUT2D eigenvalue weighted by Crippen LogP contribution is 2.39. The Hall–Kier alpha value is -2.62. The molecule has 1 aliphatic carbocycles. The summed E-state index contributed by atoms with van der Waals surface area (Å²) in [5.74, 6) is -1.23. The number of ether oxygens (including phenoxy) is 1. The summed E-state index contributed by atoms with van der Waals surface area (Å²) in [4.78, 5) is 38.5. The van der Waals surface area contributed by atoms with Crippen LogP contribution in [-0.2, 0) is 9.53 Å². The molecule has 0 unspecified atom stereocenters. The van der Waals surface area contributed by atoms with Gasteiger partial charge in [0.05, 0.1) is 6.07 Å². The first-order chi connectivity index (χ1) is 11.2. The third-order valence-electron chi connectivity index (χ3n) is 4.35. The van der Waals surface area contributed by atoms with Gasteiger partial charge in [-0.2, -0.15) is 5.26 Å². The van der Waals surface area contributed by atoms with Gasteiger partial charge < -0.3 is 15.0 Å². The molecule has 1 fully saturated rings. The number of aromatic amines is 1. The summed E-state index contributed by atoms with van der Waals surface area (Å²) < 4.78 is 5.01. The molecular formula is C17H21N3O4. The van der Waals surface area contributed by atoms with E-state index >= 15 is 0 Å². The molecule has 1 aromatic heterocycles. The van der Waals surface area contributed by atoms with Crippen LogP contribution in [0.1, 0.15) is 58.8 Å². The van der Waals surface area contributed by atoms with Crippen LogP contribution in [-0.4, -0.2) is 34.8 Å². The molecular weight excluding hydrogens is 310 g/mol. The van der Waals surface area contributed by atoms with Gasteiger partial charge in [0, 0.05) is 11.3 Å². The van der Waals surface area contributed by atoms with E-state index in [1.54, 1.807) is 20.8 Å². The maximum Gasteiger partial charge on any atom is 0.355 e. The minimum absolute atomic E-state index is 0.146. The molecule has 1 aliphatic rings. The fraction of sp³-hybridized carbons (Fsp3) is 0.529. The van der Waals surface area contributed by atoms with Gasteiger partial charge in [0.2, 0.25) is 0 Å². The van der Waals surface area contributed by atoms with E-state index in [2.05, 4.69) is 16.4 Å². The van der Waals surface area contributed by atoms with E-state index in [-0.39, 0.29) is 17.4 Å². The number of nitrogens with one attached hydrogen (secondary N) is 2. The predicted octanol–water partition coefficient (Wildman–Crippen LogP) is 1.80. The number of Topliss-reactive ketones (excluding diaryl/α,β-unsaturated/α-hetero) is 1. The predicted molar refractivity (Wildman–Crippen MR) is 85.4 cm³/mol. The number of ketones is 1. The number of nitrogens with zero attached hydrogens (tertiary/aromatic N) is 1. The SMILES string of the molecule is CC(=O)c1c(C)[nH]c(C(=O)OCC(=O)N[C@@](C)(C#N)C2CC2)c1C. The van der Waals surface area contributed by atoms with Crippen LogP contribution in [0.15, 0.2) is 0 Å². The Bertz CT molecular complexity index is 740. The quantitative estimate of drug-likeness (QED) is 0.610. The van der Waals surface area contributed by atoms with Crippen molar-refractivity contribution in [3.63, 3.8) is 0 Å². The number of amides is 1. The fourth-order valence-corrected chi connectivity index (χ4v) is 2.89. The van der Waals surface area contributed by atoms with E-state index in [9.17, 15) is 19.6 Å². The van der Waals surface area contributed by atoms with E-state index in [1.165, 1.54) is 6.92 Å². The van der Waals surface area contributed by atoms with Crippen molar-refractivity contribution in [1.29, 1.82) is 5.26 Å². The first-order valence-corrected chi connectivity index (χ1v) is 7.79. The zero-order valence-electron chi connectivity index (χ0n) is 14.3. The van der Waals surface area contributed by atoms with Gasteiger partial charge in [-0.05, 0) is 52.0 Å². The van der Waals surface area contributed by atoms with Gasteiger partial charge in [0.1, 0.15) is 11.2 Å². The highest BCUT2D eigenvalue weighted by atomic mass is 16.5.